The maximum Gasteiger partial charge on any atom is 0.284 e. The number of amides is 1. The molecule has 0 spiro atoms. The summed E-state index contributed by atoms with van der Waals surface area (Å²) >= 11 is 0. The molecule has 0 aromatic carbocycles. The molecule has 0 fully saturated rings. The first kappa shape index (κ1) is 11.7. The van der Waals surface area contributed by atoms with Crippen LogP contribution in [-0.4, -0.2) is 12.5 Å². The van der Waals surface area contributed by atoms with Gasteiger partial charge in [0.1, 0.15) is 0 Å². The predicted octanol–water partition coefficient (Wildman–Crippen LogP) is 1.72. The molecular formula is C7H16NO3P. The fraction of sp³-hybridized carbons (Fsp3) is 0.857. The van der Waals surface area contributed by atoms with Gasteiger partial charge in [0.05, 0.1) is 6.61 Å². The van der Waals surface area contributed by atoms with Gasteiger partial charge in [-0.15, -0.1) is 0 Å². The van der Waals surface area contributed by atoms with Crippen molar-refractivity contribution < 1.29 is 13.9 Å². The molecule has 0 rings (SSSR count). The summed E-state index contributed by atoms with van der Waals surface area (Å²) in [5.41, 5.74) is 0. The Labute approximate surface area is 73.6 Å². The summed E-state index contributed by atoms with van der Waals surface area (Å²) < 4.78 is 15.8. The van der Waals surface area contributed by atoms with E-state index < -0.39 is 8.18 Å². The predicted molar refractivity (Wildman–Crippen MR) is 48.3 cm³/mol. The zero-order valence-corrected chi connectivity index (χ0v) is 8.55. The molecule has 72 valence electrons. The molecule has 1 N–H and O–H groups in total. The molecule has 0 saturated carbocycles. The van der Waals surface area contributed by atoms with Gasteiger partial charge in [-0.1, -0.05) is 20.3 Å². The van der Waals surface area contributed by atoms with E-state index >= 15 is 0 Å². The first-order valence-electron chi connectivity index (χ1n) is 4.17. The van der Waals surface area contributed by atoms with Crippen LogP contribution in [0.4, 0.5) is 0 Å². The molecule has 0 heterocycles. The monoisotopic (exact) mass is 193 g/mol. The number of nitrogens with one attached hydrogen (secondary N) is 1. The molecule has 0 aliphatic rings. The molecule has 0 radical (unpaired) electrons. The molecular weight excluding hydrogens is 177 g/mol. The Kier molecular flexibility index (Phi) is 7.11. The molecule has 0 aliphatic carbocycles. The summed E-state index contributed by atoms with van der Waals surface area (Å²) in [6.45, 7) is 4.18. The van der Waals surface area contributed by atoms with E-state index in [0.717, 1.165) is 12.8 Å². The van der Waals surface area contributed by atoms with E-state index in [0.29, 0.717) is 13.0 Å². The van der Waals surface area contributed by atoms with E-state index in [1.54, 1.807) is 6.92 Å². The zero-order valence-electron chi connectivity index (χ0n) is 7.55. The van der Waals surface area contributed by atoms with Crippen molar-refractivity contribution in [3.8, 4) is 0 Å². The molecule has 4 nitrogen and oxygen atoms in total. The second-order valence-corrected chi connectivity index (χ2v) is 3.50. The SMILES string of the molecule is CCCCO[PH](=O)NC(=O)CC. The van der Waals surface area contributed by atoms with Crippen molar-refractivity contribution in [2.45, 2.75) is 33.1 Å². The van der Waals surface area contributed by atoms with Gasteiger partial charge in [-0.2, -0.15) is 0 Å². The van der Waals surface area contributed by atoms with Crippen LogP contribution in [0.15, 0.2) is 0 Å². The molecule has 0 aliphatic heterocycles. The fourth-order valence-corrected chi connectivity index (χ4v) is 1.35. The Bertz CT molecular complexity index is 161. The number of carbonyl (C=O) groups excluding carboxylic acids is 1. The van der Waals surface area contributed by atoms with Crippen LogP contribution < -0.4 is 5.09 Å². The summed E-state index contributed by atoms with van der Waals surface area (Å²) in [5.74, 6) is -0.226. The Morgan fingerprint density at radius 3 is 2.67 bits per heavy atom. The van der Waals surface area contributed by atoms with Gasteiger partial charge in [-0.25, -0.2) is 0 Å². The number of hydrogen-bond donors (Lipinski definition) is 1. The highest BCUT2D eigenvalue weighted by atomic mass is 31.1. The Balaban J connectivity index is 3.40. The highest BCUT2D eigenvalue weighted by molar-refractivity contribution is 7.37. The smallest absolute Gasteiger partial charge is 0.284 e. The molecule has 0 aromatic rings. The van der Waals surface area contributed by atoms with Crippen molar-refractivity contribution in [1.29, 1.82) is 0 Å². The average Bonchev–Trinajstić information content (AvgIpc) is 2.05. The third kappa shape index (κ3) is 6.38. The van der Waals surface area contributed by atoms with Crippen LogP contribution in [0.3, 0.4) is 0 Å². The largest absolute Gasteiger partial charge is 0.315 e. The zero-order chi connectivity index (χ0) is 9.40. The van der Waals surface area contributed by atoms with Crippen molar-refractivity contribution in [2.24, 2.45) is 0 Å². The van der Waals surface area contributed by atoms with Crippen molar-refractivity contribution in [1.82, 2.24) is 5.09 Å². The molecule has 0 aromatic heterocycles. The van der Waals surface area contributed by atoms with Crippen LogP contribution in [0.1, 0.15) is 33.1 Å². The van der Waals surface area contributed by atoms with Gasteiger partial charge in [0, 0.05) is 6.42 Å². The molecule has 0 saturated heterocycles. The van der Waals surface area contributed by atoms with Gasteiger partial charge < -0.3 is 4.52 Å². The molecule has 1 amide bonds. The van der Waals surface area contributed by atoms with E-state index in [1.807, 2.05) is 6.92 Å². The van der Waals surface area contributed by atoms with Crippen LogP contribution in [0.2, 0.25) is 0 Å². The van der Waals surface area contributed by atoms with Gasteiger partial charge in [0.15, 0.2) is 0 Å². The number of hydrogen-bond acceptors (Lipinski definition) is 3. The van der Waals surface area contributed by atoms with Crippen LogP contribution in [-0.2, 0) is 13.9 Å². The topological polar surface area (TPSA) is 55.4 Å². The minimum absolute atomic E-state index is 0.226. The second-order valence-electron chi connectivity index (χ2n) is 2.39. The van der Waals surface area contributed by atoms with Crippen molar-refractivity contribution in [2.75, 3.05) is 6.61 Å². The normalized spacial score (nSPS) is 12.5. The number of carbonyl (C=O) groups is 1. The molecule has 12 heavy (non-hydrogen) atoms. The van der Waals surface area contributed by atoms with Crippen molar-refractivity contribution in [3.05, 3.63) is 0 Å². The van der Waals surface area contributed by atoms with E-state index in [2.05, 4.69) is 5.09 Å². The molecule has 1 atom stereocenters. The lowest BCUT2D eigenvalue weighted by Crippen LogP contribution is -2.14. The highest BCUT2D eigenvalue weighted by Crippen LogP contribution is 2.16. The lowest BCUT2D eigenvalue weighted by atomic mass is 10.4. The summed E-state index contributed by atoms with van der Waals surface area (Å²) in [6, 6.07) is 0. The van der Waals surface area contributed by atoms with E-state index in [-0.39, 0.29) is 5.91 Å². The molecule has 5 heteroatoms. The second kappa shape index (κ2) is 7.32. The summed E-state index contributed by atoms with van der Waals surface area (Å²) in [7, 11) is -2.32. The Hall–Kier alpha value is -0.340. The van der Waals surface area contributed by atoms with Gasteiger partial charge in [0.25, 0.3) is 8.18 Å². The minimum Gasteiger partial charge on any atom is -0.315 e. The van der Waals surface area contributed by atoms with E-state index in [9.17, 15) is 9.36 Å². The Morgan fingerprint density at radius 2 is 2.17 bits per heavy atom. The molecule has 1 unspecified atom stereocenters. The van der Waals surface area contributed by atoms with Gasteiger partial charge >= 0.3 is 0 Å². The van der Waals surface area contributed by atoms with Crippen LogP contribution in [0.5, 0.6) is 0 Å². The first-order valence-corrected chi connectivity index (χ1v) is 5.49. The number of rotatable bonds is 6. The van der Waals surface area contributed by atoms with Crippen LogP contribution >= 0.6 is 8.18 Å². The van der Waals surface area contributed by atoms with Gasteiger partial charge in [-0.05, 0) is 6.42 Å². The third-order valence-corrected chi connectivity index (χ3v) is 2.24. The van der Waals surface area contributed by atoms with Crippen molar-refractivity contribution in [3.63, 3.8) is 0 Å². The van der Waals surface area contributed by atoms with Gasteiger partial charge in [0.2, 0.25) is 5.91 Å². The number of unbranched alkanes of at least 4 members (excludes halogenated alkanes) is 1. The fourth-order valence-electron chi connectivity index (χ4n) is 0.548. The average molecular weight is 193 g/mol. The highest BCUT2D eigenvalue weighted by Gasteiger charge is 2.01. The van der Waals surface area contributed by atoms with E-state index in [1.165, 1.54) is 0 Å². The lowest BCUT2D eigenvalue weighted by Gasteiger charge is -2.03. The summed E-state index contributed by atoms with van der Waals surface area (Å²) in [6.07, 6.45) is 2.21. The van der Waals surface area contributed by atoms with E-state index in [4.69, 9.17) is 4.52 Å². The third-order valence-electron chi connectivity index (χ3n) is 1.29. The summed E-state index contributed by atoms with van der Waals surface area (Å²) in [4.78, 5) is 10.7. The molecule has 0 bridgehead atoms. The van der Waals surface area contributed by atoms with Crippen LogP contribution in [0.25, 0.3) is 0 Å². The van der Waals surface area contributed by atoms with Gasteiger partial charge in [-0.3, -0.25) is 14.4 Å². The van der Waals surface area contributed by atoms with Crippen LogP contribution in [0, 0.1) is 0 Å². The summed E-state index contributed by atoms with van der Waals surface area (Å²) in [5, 5.41) is 2.27. The lowest BCUT2D eigenvalue weighted by molar-refractivity contribution is -0.119. The quantitative estimate of drug-likeness (QED) is 0.516. The maximum absolute atomic E-state index is 10.9. The Morgan fingerprint density at radius 1 is 1.50 bits per heavy atom. The minimum atomic E-state index is -2.32. The standard InChI is InChI=1S/C7H16NO3P/c1-3-5-6-11-12(10)8-7(9)4-2/h12H,3-6H2,1-2H3,(H,8,9,10). The maximum atomic E-state index is 10.9. The van der Waals surface area contributed by atoms with Crippen molar-refractivity contribution >= 4 is 14.1 Å². The first-order chi connectivity index (χ1) is 5.70.